The van der Waals surface area contributed by atoms with E-state index in [0.717, 1.165) is 19.8 Å². The molecule has 0 aliphatic rings. The fourth-order valence-electron chi connectivity index (χ4n) is 1.80. The van der Waals surface area contributed by atoms with Gasteiger partial charge in [0.15, 0.2) is 18.9 Å². The van der Waals surface area contributed by atoms with Gasteiger partial charge in [-0.2, -0.15) is 0 Å². The lowest BCUT2D eigenvalue weighted by Crippen LogP contribution is -2.35. The van der Waals surface area contributed by atoms with E-state index in [0.29, 0.717) is 13.2 Å². The number of pyridine rings is 1. The zero-order chi connectivity index (χ0) is 13.8. The molecular weight excluding hydrogens is 238 g/mol. The van der Waals surface area contributed by atoms with Gasteiger partial charge in [-0.25, -0.2) is 4.57 Å². The smallest absolute Gasteiger partial charge is 0.171 e. The summed E-state index contributed by atoms with van der Waals surface area (Å²) in [5, 5.41) is 0. The van der Waals surface area contributed by atoms with Crippen LogP contribution in [0.1, 0.15) is 38.2 Å². The summed E-state index contributed by atoms with van der Waals surface area (Å²) in [4.78, 5) is 0. The summed E-state index contributed by atoms with van der Waals surface area (Å²) in [5.41, 5.74) is 1.29. The van der Waals surface area contributed by atoms with Crippen LogP contribution in [-0.4, -0.2) is 26.4 Å². The van der Waals surface area contributed by atoms with Crippen LogP contribution >= 0.6 is 0 Å². The van der Waals surface area contributed by atoms with E-state index in [4.69, 9.17) is 9.47 Å². The lowest BCUT2D eigenvalue weighted by Gasteiger charge is -2.04. The number of hydrogen-bond donors (Lipinski definition) is 0. The van der Waals surface area contributed by atoms with Gasteiger partial charge in [-0.15, -0.1) is 0 Å². The number of ether oxygens (including phenoxy) is 2. The fraction of sp³-hybridized carbons (Fsp3) is 0.688. The highest BCUT2D eigenvalue weighted by Gasteiger charge is 1.98. The first-order valence-corrected chi connectivity index (χ1v) is 7.44. The van der Waals surface area contributed by atoms with E-state index in [2.05, 4.69) is 42.9 Å². The van der Waals surface area contributed by atoms with E-state index in [1.165, 1.54) is 31.2 Å². The molecule has 3 nitrogen and oxygen atoms in total. The lowest BCUT2D eigenvalue weighted by molar-refractivity contribution is -0.698. The van der Waals surface area contributed by atoms with E-state index in [1.54, 1.807) is 0 Å². The van der Waals surface area contributed by atoms with Crippen molar-refractivity contribution in [3.63, 3.8) is 0 Å². The summed E-state index contributed by atoms with van der Waals surface area (Å²) in [6.07, 6.45) is 9.22. The van der Waals surface area contributed by atoms with Crippen molar-refractivity contribution in [1.82, 2.24) is 0 Å². The standard InChI is InChI=1S/C16H28NO2/c1-3-4-5-6-12-18-14-15-19-13-11-17-9-7-16(2)8-10-17/h7-10H,3-6,11-15H2,1-2H3/q+1. The second kappa shape index (κ2) is 10.9. The van der Waals surface area contributed by atoms with Crippen molar-refractivity contribution >= 4 is 0 Å². The van der Waals surface area contributed by atoms with Gasteiger partial charge >= 0.3 is 0 Å². The molecule has 0 aromatic carbocycles. The molecule has 0 N–H and O–H groups in total. The van der Waals surface area contributed by atoms with E-state index in [-0.39, 0.29) is 0 Å². The van der Waals surface area contributed by atoms with Gasteiger partial charge in [-0.1, -0.05) is 26.2 Å². The third-order valence-electron chi connectivity index (χ3n) is 3.07. The molecule has 0 spiro atoms. The third kappa shape index (κ3) is 8.73. The molecule has 0 radical (unpaired) electrons. The van der Waals surface area contributed by atoms with Crippen molar-refractivity contribution in [2.24, 2.45) is 0 Å². The Kier molecular flexibility index (Phi) is 9.29. The Morgan fingerprint density at radius 2 is 1.58 bits per heavy atom. The first kappa shape index (κ1) is 16.1. The SMILES string of the molecule is CCCCCCOCCOCC[n+]1ccc(C)cc1. The van der Waals surface area contributed by atoms with Gasteiger partial charge in [-0.3, -0.25) is 0 Å². The second-order valence-corrected chi connectivity index (χ2v) is 4.90. The van der Waals surface area contributed by atoms with Gasteiger partial charge in [0, 0.05) is 18.7 Å². The maximum Gasteiger partial charge on any atom is 0.171 e. The summed E-state index contributed by atoms with van der Waals surface area (Å²) >= 11 is 0. The molecule has 0 atom stereocenters. The average Bonchev–Trinajstić information content (AvgIpc) is 2.43. The molecule has 0 bridgehead atoms. The van der Waals surface area contributed by atoms with E-state index in [9.17, 15) is 0 Å². The predicted octanol–water partition coefficient (Wildman–Crippen LogP) is 2.90. The molecule has 0 saturated carbocycles. The summed E-state index contributed by atoms with van der Waals surface area (Å²) in [6, 6.07) is 4.22. The Morgan fingerprint density at radius 1 is 0.895 bits per heavy atom. The van der Waals surface area contributed by atoms with E-state index < -0.39 is 0 Å². The van der Waals surface area contributed by atoms with Crippen LogP contribution in [0.5, 0.6) is 0 Å². The van der Waals surface area contributed by atoms with Crippen LogP contribution in [0.3, 0.4) is 0 Å². The fourth-order valence-corrected chi connectivity index (χ4v) is 1.80. The van der Waals surface area contributed by atoms with Crippen molar-refractivity contribution < 1.29 is 14.0 Å². The minimum absolute atomic E-state index is 0.695. The van der Waals surface area contributed by atoms with Gasteiger partial charge < -0.3 is 9.47 Å². The van der Waals surface area contributed by atoms with Gasteiger partial charge in [0.1, 0.15) is 6.61 Å². The second-order valence-electron chi connectivity index (χ2n) is 4.90. The molecule has 1 rings (SSSR count). The molecule has 0 amide bonds. The Labute approximate surface area is 117 Å². The number of rotatable bonds is 11. The summed E-state index contributed by atoms with van der Waals surface area (Å²) < 4.78 is 13.2. The molecule has 1 heterocycles. The number of nitrogens with zero attached hydrogens (tertiary/aromatic N) is 1. The minimum atomic E-state index is 0.695. The topological polar surface area (TPSA) is 22.3 Å². The largest absolute Gasteiger partial charge is 0.379 e. The first-order valence-electron chi connectivity index (χ1n) is 7.44. The van der Waals surface area contributed by atoms with E-state index in [1.807, 2.05) is 0 Å². The quantitative estimate of drug-likeness (QED) is 0.454. The van der Waals surface area contributed by atoms with Crippen LogP contribution in [0, 0.1) is 6.92 Å². The van der Waals surface area contributed by atoms with Crippen LogP contribution in [0.15, 0.2) is 24.5 Å². The van der Waals surface area contributed by atoms with Crippen molar-refractivity contribution in [3.8, 4) is 0 Å². The maximum atomic E-state index is 5.55. The van der Waals surface area contributed by atoms with Crippen molar-refractivity contribution in [3.05, 3.63) is 30.1 Å². The van der Waals surface area contributed by atoms with E-state index >= 15 is 0 Å². The van der Waals surface area contributed by atoms with Crippen molar-refractivity contribution in [2.45, 2.75) is 46.1 Å². The molecule has 19 heavy (non-hydrogen) atoms. The normalized spacial score (nSPS) is 10.8. The van der Waals surface area contributed by atoms with Gasteiger partial charge in [0.05, 0.1) is 13.2 Å². The molecular formula is C16H28NO2+. The summed E-state index contributed by atoms with van der Waals surface area (Å²) in [6.45, 7) is 8.24. The predicted molar refractivity (Wildman–Crippen MR) is 77.2 cm³/mol. The Hall–Kier alpha value is -0.930. The summed E-state index contributed by atoms with van der Waals surface area (Å²) in [5.74, 6) is 0. The van der Waals surface area contributed by atoms with Crippen LogP contribution in [0.2, 0.25) is 0 Å². The van der Waals surface area contributed by atoms with Crippen LogP contribution in [0.25, 0.3) is 0 Å². The van der Waals surface area contributed by atoms with Gasteiger partial charge in [0.2, 0.25) is 0 Å². The molecule has 1 aromatic rings. The number of hydrogen-bond acceptors (Lipinski definition) is 2. The zero-order valence-electron chi connectivity index (χ0n) is 12.4. The zero-order valence-corrected chi connectivity index (χ0v) is 12.4. The third-order valence-corrected chi connectivity index (χ3v) is 3.07. The number of unbranched alkanes of at least 4 members (excludes halogenated alkanes) is 3. The number of aromatic nitrogens is 1. The highest BCUT2D eigenvalue weighted by molar-refractivity contribution is 5.03. The number of aryl methyl sites for hydroxylation is 1. The molecule has 0 fully saturated rings. The molecule has 108 valence electrons. The molecule has 0 saturated heterocycles. The van der Waals surface area contributed by atoms with Crippen molar-refractivity contribution in [2.75, 3.05) is 26.4 Å². The van der Waals surface area contributed by atoms with Crippen LogP contribution in [0.4, 0.5) is 0 Å². The highest BCUT2D eigenvalue weighted by Crippen LogP contribution is 1.98. The first-order chi connectivity index (χ1) is 9.33. The molecule has 0 aliphatic carbocycles. The highest BCUT2D eigenvalue weighted by atomic mass is 16.5. The Morgan fingerprint density at radius 3 is 2.26 bits per heavy atom. The molecule has 3 heteroatoms. The summed E-state index contributed by atoms with van der Waals surface area (Å²) in [7, 11) is 0. The molecule has 0 unspecified atom stereocenters. The maximum absolute atomic E-state index is 5.55. The molecule has 1 aromatic heterocycles. The minimum Gasteiger partial charge on any atom is -0.379 e. The van der Waals surface area contributed by atoms with Gasteiger partial charge in [0.25, 0.3) is 0 Å². The Bertz CT molecular complexity index is 311. The van der Waals surface area contributed by atoms with Crippen LogP contribution < -0.4 is 4.57 Å². The lowest BCUT2D eigenvalue weighted by atomic mass is 10.2. The van der Waals surface area contributed by atoms with Gasteiger partial charge in [-0.05, 0) is 18.9 Å². The molecule has 0 aliphatic heterocycles. The van der Waals surface area contributed by atoms with Crippen LogP contribution in [-0.2, 0) is 16.0 Å². The average molecular weight is 266 g/mol. The monoisotopic (exact) mass is 266 g/mol. The van der Waals surface area contributed by atoms with Crippen molar-refractivity contribution in [1.29, 1.82) is 0 Å². The Balaban J connectivity index is 1.87.